The summed E-state index contributed by atoms with van der Waals surface area (Å²) in [6, 6.07) is 14.2. The van der Waals surface area contributed by atoms with Gasteiger partial charge in [0.15, 0.2) is 11.5 Å². The Morgan fingerprint density at radius 1 is 1.12 bits per heavy atom. The number of non-ortho nitro benzene ring substituents is 1. The normalized spacial score (nSPS) is 11.3. The van der Waals surface area contributed by atoms with Crippen LogP contribution in [0, 0.1) is 10.1 Å². The molecular weight excluding hydrogens is 460 g/mol. The quantitative estimate of drug-likeness (QED) is 0.251. The molecule has 0 heterocycles. The Morgan fingerprint density at radius 3 is 2.56 bits per heavy atom. The van der Waals surface area contributed by atoms with E-state index in [0.29, 0.717) is 5.56 Å². The molecular formula is C20H17ClN4O6S. The number of para-hydroxylation sites is 2. The van der Waals surface area contributed by atoms with Crippen LogP contribution in [0.4, 0.5) is 17.1 Å². The molecule has 12 heteroatoms. The topological polar surface area (TPSA) is 143 Å². The Bertz CT molecular complexity index is 1300. The fourth-order valence-corrected chi connectivity index (χ4v) is 4.16. The van der Waals surface area contributed by atoms with Gasteiger partial charge in [-0.1, -0.05) is 29.8 Å². The monoisotopic (exact) mass is 476 g/mol. The van der Waals surface area contributed by atoms with E-state index in [-0.39, 0.29) is 27.9 Å². The molecule has 0 saturated heterocycles. The number of hydrazone groups is 1. The van der Waals surface area contributed by atoms with Gasteiger partial charge >= 0.3 is 0 Å². The summed E-state index contributed by atoms with van der Waals surface area (Å²) in [7, 11) is -2.88. The van der Waals surface area contributed by atoms with Crippen LogP contribution >= 0.6 is 11.6 Å². The fraction of sp³-hybridized carbons (Fsp3) is 0.0500. The van der Waals surface area contributed by atoms with Crippen LogP contribution in [0.1, 0.15) is 5.56 Å². The molecule has 0 spiro atoms. The average Bonchev–Trinajstić information content (AvgIpc) is 2.76. The predicted molar refractivity (Wildman–Crippen MR) is 121 cm³/mol. The van der Waals surface area contributed by atoms with Gasteiger partial charge in [0, 0.05) is 17.7 Å². The molecule has 0 amide bonds. The maximum atomic E-state index is 13.0. The first kappa shape index (κ1) is 22.8. The minimum absolute atomic E-state index is 0.0335. The minimum atomic E-state index is -4.28. The summed E-state index contributed by atoms with van der Waals surface area (Å²) >= 11 is 6.02. The van der Waals surface area contributed by atoms with Gasteiger partial charge in [-0.05, 0) is 30.3 Å². The molecule has 0 atom stereocenters. The number of nitrogens with zero attached hydrogens (tertiary/aromatic N) is 2. The van der Waals surface area contributed by atoms with Crippen molar-refractivity contribution in [2.24, 2.45) is 5.10 Å². The number of anilines is 2. The number of ether oxygens (including phenoxy) is 1. The summed E-state index contributed by atoms with van der Waals surface area (Å²) < 4.78 is 33.3. The number of benzene rings is 3. The number of rotatable bonds is 8. The zero-order valence-corrected chi connectivity index (χ0v) is 18.1. The van der Waals surface area contributed by atoms with E-state index < -0.39 is 25.5 Å². The van der Waals surface area contributed by atoms with Crippen LogP contribution in [0.2, 0.25) is 5.02 Å². The number of nitrogens with one attached hydrogen (secondary N) is 2. The van der Waals surface area contributed by atoms with Gasteiger partial charge in [-0.15, -0.1) is 0 Å². The molecule has 3 aromatic carbocycles. The summed E-state index contributed by atoms with van der Waals surface area (Å²) in [5.74, 6) is 0.0778. The third kappa shape index (κ3) is 5.07. The largest absolute Gasteiger partial charge is 0.504 e. The second-order valence-electron chi connectivity index (χ2n) is 6.29. The average molecular weight is 477 g/mol. The molecule has 166 valence electrons. The third-order valence-electron chi connectivity index (χ3n) is 4.22. The molecule has 0 saturated carbocycles. The van der Waals surface area contributed by atoms with Crippen LogP contribution in [-0.4, -0.2) is 31.8 Å². The van der Waals surface area contributed by atoms with Crippen molar-refractivity contribution in [3.05, 3.63) is 81.4 Å². The summed E-state index contributed by atoms with van der Waals surface area (Å²) in [5.41, 5.74) is 2.49. The van der Waals surface area contributed by atoms with Crippen LogP contribution < -0.4 is 14.9 Å². The first-order valence-corrected chi connectivity index (χ1v) is 10.8. The van der Waals surface area contributed by atoms with Gasteiger partial charge in [0.05, 0.1) is 34.6 Å². The number of hydrogen-bond acceptors (Lipinski definition) is 8. The SMILES string of the molecule is COc1cccc(C=NNc2ccc([N+](=O)[O-])cc2S(=O)(=O)Nc2ccccc2Cl)c1O. The minimum Gasteiger partial charge on any atom is -0.504 e. The van der Waals surface area contributed by atoms with E-state index in [4.69, 9.17) is 16.3 Å². The predicted octanol–water partition coefficient (Wildman–Crippen LogP) is 4.21. The zero-order valence-electron chi connectivity index (χ0n) is 16.5. The van der Waals surface area contributed by atoms with Crippen molar-refractivity contribution in [1.29, 1.82) is 0 Å². The lowest BCUT2D eigenvalue weighted by Crippen LogP contribution is -2.15. The van der Waals surface area contributed by atoms with Crippen molar-refractivity contribution in [2.45, 2.75) is 4.90 Å². The van der Waals surface area contributed by atoms with E-state index in [1.165, 1.54) is 31.5 Å². The molecule has 10 nitrogen and oxygen atoms in total. The molecule has 3 aromatic rings. The lowest BCUT2D eigenvalue weighted by Gasteiger charge is -2.13. The second-order valence-corrected chi connectivity index (χ2v) is 8.35. The van der Waals surface area contributed by atoms with Gasteiger partial charge < -0.3 is 9.84 Å². The van der Waals surface area contributed by atoms with Gasteiger partial charge in [-0.25, -0.2) is 8.42 Å². The molecule has 0 radical (unpaired) electrons. The third-order valence-corrected chi connectivity index (χ3v) is 5.96. The lowest BCUT2D eigenvalue weighted by molar-refractivity contribution is -0.385. The first-order chi connectivity index (χ1) is 15.2. The number of aromatic hydroxyl groups is 1. The number of nitro benzene ring substituents is 1. The second kappa shape index (κ2) is 9.54. The van der Waals surface area contributed by atoms with E-state index in [1.807, 2.05) is 0 Å². The van der Waals surface area contributed by atoms with Gasteiger partial charge in [0.2, 0.25) is 0 Å². The van der Waals surface area contributed by atoms with E-state index in [9.17, 15) is 23.6 Å². The van der Waals surface area contributed by atoms with E-state index in [2.05, 4.69) is 15.2 Å². The Kier molecular flexibility index (Phi) is 6.81. The maximum Gasteiger partial charge on any atom is 0.270 e. The molecule has 0 aromatic heterocycles. The Hall–Kier alpha value is -3.83. The highest BCUT2D eigenvalue weighted by Crippen LogP contribution is 2.31. The number of nitro groups is 1. The van der Waals surface area contributed by atoms with Crippen molar-refractivity contribution in [3.8, 4) is 11.5 Å². The molecule has 0 unspecified atom stereocenters. The molecule has 0 aliphatic heterocycles. The number of phenols is 1. The fourth-order valence-electron chi connectivity index (χ4n) is 2.66. The highest BCUT2D eigenvalue weighted by Gasteiger charge is 2.23. The van der Waals surface area contributed by atoms with Gasteiger partial charge in [0.1, 0.15) is 4.90 Å². The number of methoxy groups -OCH3 is 1. The van der Waals surface area contributed by atoms with Gasteiger partial charge in [0.25, 0.3) is 15.7 Å². The van der Waals surface area contributed by atoms with Crippen LogP contribution in [0.25, 0.3) is 0 Å². The van der Waals surface area contributed by atoms with Crippen molar-refractivity contribution < 1.29 is 23.2 Å². The lowest BCUT2D eigenvalue weighted by atomic mass is 10.2. The summed E-state index contributed by atoms with van der Waals surface area (Å²) in [6.45, 7) is 0. The number of halogens is 1. The molecule has 32 heavy (non-hydrogen) atoms. The smallest absolute Gasteiger partial charge is 0.270 e. The number of sulfonamides is 1. The van der Waals surface area contributed by atoms with E-state index >= 15 is 0 Å². The highest BCUT2D eigenvalue weighted by atomic mass is 35.5. The number of hydrogen-bond donors (Lipinski definition) is 3. The Morgan fingerprint density at radius 2 is 1.88 bits per heavy atom. The summed E-state index contributed by atoms with van der Waals surface area (Å²) in [6.07, 6.45) is 1.25. The molecule has 0 aliphatic carbocycles. The van der Waals surface area contributed by atoms with Crippen LogP contribution in [0.5, 0.6) is 11.5 Å². The molecule has 0 aliphatic rings. The van der Waals surface area contributed by atoms with Crippen molar-refractivity contribution >= 4 is 44.9 Å². The van der Waals surface area contributed by atoms with E-state index in [0.717, 1.165) is 12.1 Å². The summed E-state index contributed by atoms with van der Waals surface area (Å²) in [4.78, 5) is 10.0. The Labute approximate surface area is 188 Å². The van der Waals surface area contributed by atoms with Crippen molar-refractivity contribution in [1.82, 2.24) is 0 Å². The number of phenolic OH excluding ortho intramolecular Hbond substituents is 1. The van der Waals surface area contributed by atoms with Crippen molar-refractivity contribution in [2.75, 3.05) is 17.3 Å². The highest BCUT2D eigenvalue weighted by molar-refractivity contribution is 7.93. The van der Waals surface area contributed by atoms with Gasteiger partial charge in [-0.3, -0.25) is 20.3 Å². The van der Waals surface area contributed by atoms with Gasteiger partial charge in [-0.2, -0.15) is 5.10 Å². The molecule has 0 bridgehead atoms. The molecule has 0 fully saturated rings. The first-order valence-electron chi connectivity index (χ1n) is 8.94. The van der Waals surface area contributed by atoms with Crippen molar-refractivity contribution in [3.63, 3.8) is 0 Å². The zero-order chi connectivity index (χ0) is 23.3. The molecule has 3 N–H and O–H groups in total. The molecule has 3 rings (SSSR count). The summed E-state index contributed by atoms with van der Waals surface area (Å²) in [5, 5.41) is 25.4. The van der Waals surface area contributed by atoms with Crippen LogP contribution in [0.15, 0.2) is 70.7 Å². The van der Waals surface area contributed by atoms with E-state index in [1.54, 1.807) is 30.3 Å². The van der Waals surface area contributed by atoms with Crippen LogP contribution in [0.3, 0.4) is 0 Å². The Balaban J connectivity index is 1.96. The standard InChI is InChI=1S/C20H17ClN4O6S/c1-31-18-8-4-5-13(20(18)26)12-22-23-17-10-9-14(25(27)28)11-19(17)32(29,30)24-16-7-3-2-6-15(16)21/h2-12,23-24,26H,1H3. The maximum absolute atomic E-state index is 13.0. The van der Waals surface area contributed by atoms with Crippen LogP contribution in [-0.2, 0) is 10.0 Å².